The third-order valence-electron chi connectivity index (χ3n) is 6.75. The molecule has 8 heteroatoms. The Hall–Kier alpha value is -3.68. The fraction of sp³-hybridized carbons (Fsp3) is 0.500. The Morgan fingerprint density at radius 2 is 1.10 bits per heavy atom. The molecule has 0 heterocycles. The molecule has 4 N–H and O–H groups in total. The van der Waals surface area contributed by atoms with E-state index in [0.29, 0.717) is 6.42 Å². The standard InChI is InChI=1S/C24H38O4.C8H6O4/c1-4-5-14-19-16-17-21(23(25)26)22(24(27)28)20(19)15-12-10-8-6-7-9-11-13-18(2)3;9-7(10)5-3-1-2-4-6(5)8(11)12/h16-18H,4-15H2,1-3H3,(H,25,26)(H,27,28);1-4H,(H,9,10)(H,11,12). The monoisotopic (exact) mass is 556 g/mol. The van der Waals surface area contributed by atoms with Crippen molar-refractivity contribution in [2.45, 2.75) is 97.8 Å². The van der Waals surface area contributed by atoms with E-state index in [-0.39, 0.29) is 22.3 Å². The van der Waals surface area contributed by atoms with E-state index in [0.717, 1.165) is 55.6 Å². The third kappa shape index (κ3) is 12.0. The highest BCUT2D eigenvalue weighted by atomic mass is 16.4. The van der Waals surface area contributed by atoms with Crippen LogP contribution in [0.4, 0.5) is 0 Å². The lowest BCUT2D eigenvalue weighted by molar-refractivity contribution is 0.0650. The first-order valence-electron chi connectivity index (χ1n) is 14.2. The van der Waals surface area contributed by atoms with E-state index in [9.17, 15) is 29.4 Å². The highest BCUT2D eigenvalue weighted by Crippen LogP contribution is 2.24. The predicted molar refractivity (Wildman–Crippen MR) is 155 cm³/mol. The van der Waals surface area contributed by atoms with E-state index in [1.54, 1.807) is 0 Å². The van der Waals surface area contributed by atoms with Gasteiger partial charge in [-0.1, -0.05) is 90.3 Å². The summed E-state index contributed by atoms with van der Waals surface area (Å²) < 4.78 is 0. The summed E-state index contributed by atoms with van der Waals surface area (Å²) in [4.78, 5) is 44.2. The van der Waals surface area contributed by atoms with Crippen LogP contribution >= 0.6 is 0 Å². The number of carbonyl (C=O) groups is 4. The molecule has 0 aromatic heterocycles. The van der Waals surface area contributed by atoms with Gasteiger partial charge in [-0.25, -0.2) is 19.2 Å². The fourth-order valence-corrected chi connectivity index (χ4v) is 4.59. The Bertz CT molecular complexity index is 1090. The van der Waals surface area contributed by atoms with Crippen LogP contribution in [0.25, 0.3) is 0 Å². The maximum atomic E-state index is 11.8. The quantitative estimate of drug-likeness (QED) is 0.144. The number of carboxylic acids is 4. The van der Waals surface area contributed by atoms with Gasteiger partial charge in [-0.15, -0.1) is 0 Å². The third-order valence-corrected chi connectivity index (χ3v) is 6.75. The molecule has 2 aromatic rings. The molecule has 40 heavy (non-hydrogen) atoms. The normalized spacial score (nSPS) is 10.6. The molecule has 0 spiro atoms. The van der Waals surface area contributed by atoms with Gasteiger partial charge >= 0.3 is 23.9 Å². The minimum atomic E-state index is -1.23. The molecule has 0 unspecified atom stereocenters. The molecule has 0 aliphatic rings. The van der Waals surface area contributed by atoms with E-state index in [1.165, 1.54) is 62.4 Å². The van der Waals surface area contributed by atoms with Gasteiger partial charge in [0, 0.05) is 0 Å². The molecule has 0 aliphatic carbocycles. The van der Waals surface area contributed by atoms with Gasteiger partial charge in [-0.3, -0.25) is 0 Å². The molecule has 0 aliphatic heterocycles. The summed E-state index contributed by atoms with van der Waals surface area (Å²) in [6.07, 6.45) is 13.0. The van der Waals surface area contributed by atoms with Crippen LogP contribution in [0.5, 0.6) is 0 Å². The molecule has 0 amide bonds. The van der Waals surface area contributed by atoms with Crippen molar-refractivity contribution in [1.82, 2.24) is 0 Å². The molecule has 8 nitrogen and oxygen atoms in total. The first kappa shape index (κ1) is 34.3. The highest BCUT2D eigenvalue weighted by Gasteiger charge is 2.22. The van der Waals surface area contributed by atoms with Crippen LogP contribution in [0.3, 0.4) is 0 Å². The lowest BCUT2D eigenvalue weighted by Gasteiger charge is -2.15. The topological polar surface area (TPSA) is 149 Å². The SMILES string of the molecule is CCCCc1ccc(C(=O)O)c(C(=O)O)c1CCCCCCCCCC(C)C.O=C(O)c1ccccc1C(=O)O. The number of carboxylic acid groups (broad SMARTS) is 4. The number of unbranched alkanes of at least 4 members (excludes halogenated alkanes) is 7. The van der Waals surface area contributed by atoms with Gasteiger partial charge in [-0.05, 0) is 60.9 Å². The minimum Gasteiger partial charge on any atom is -0.478 e. The molecular formula is C32H44O8. The van der Waals surface area contributed by atoms with Gasteiger partial charge in [0.2, 0.25) is 0 Å². The summed E-state index contributed by atoms with van der Waals surface area (Å²) in [7, 11) is 0. The average Bonchev–Trinajstić information content (AvgIpc) is 2.90. The van der Waals surface area contributed by atoms with Crippen LogP contribution in [0, 0.1) is 5.92 Å². The number of aromatic carboxylic acids is 4. The zero-order chi connectivity index (χ0) is 30.1. The van der Waals surface area contributed by atoms with Crippen molar-refractivity contribution < 1.29 is 39.6 Å². The van der Waals surface area contributed by atoms with Gasteiger partial charge in [-0.2, -0.15) is 0 Å². The highest BCUT2D eigenvalue weighted by molar-refractivity contribution is 6.03. The molecule has 2 aromatic carbocycles. The average molecular weight is 557 g/mol. The molecule has 0 fully saturated rings. The van der Waals surface area contributed by atoms with Crippen LogP contribution in [-0.4, -0.2) is 44.3 Å². The number of hydrogen-bond donors (Lipinski definition) is 4. The Kier molecular flexibility index (Phi) is 16.0. The molecule has 0 saturated heterocycles. The van der Waals surface area contributed by atoms with Gasteiger partial charge in [0.25, 0.3) is 0 Å². The van der Waals surface area contributed by atoms with Crippen LogP contribution in [0.2, 0.25) is 0 Å². The first-order chi connectivity index (χ1) is 19.0. The molecular weight excluding hydrogens is 512 g/mol. The maximum absolute atomic E-state index is 11.8. The second-order valence-corrected chi connectivity index (χ2v) is 10.4. The number of rotatable bonds is 17. The first-order valence-corrected chi connectivity index (χ1v) is 14.2. The maximum Gasteiger partial charge on any atom is 0.336 e. The zero-order valence-corrected chi connectivity index (χ0v) is 23.9. The Balaban J connectivity index is 0.000000552. The predicted octanol–water partition coefficient (Wildman–Crippen LogP) is 7.83. The van der Waals surface area contributed by atoms with Gasteiger partial charge < -0.3 is 20.4 Å². The van der Waals surface area contributed by atoms with Crippen molar-refractivity contribution in [1.29, 1.82) is 0 Å². The van der Waals surface area contributed by atoms with E-state index in [1.807, 2.05) is 6.07 Å². The van der Waals surface area contributed by atoms with Crippen LogP contribution < -0.4 is 0 Å². The van der Waals surface area contributed by atoms with Crippen molar-refractivity contribution >= 4 is 23.9 Å². The number of hydrogen-bond acceptors (Lipinski definition) is 4. The van der Waals surface area contributed by atoms with Crippen LogP contribution in [0.15, 0.2) is 36.4 Å². The molecule has 220 valence electrons. The van der Waals surface area contributed by atoms with Crippen LogP contribution in [0.1, 0.15) is 138 Å². The Labute approximate surface area is 237 Å². The summed E-state index contributed by atoms with van der Waals surface area (Å²) in [6, 6.07) is 8.75. The van der Waals surface area contributed by atoms with Gasteiger partial charge in [0.1, 0.15) is 0 Å². The van der Waals surface area contributed by atoms with E-state index in [4.69, 9.17) is 10.2 Å². The molecule has 2 rings (SSSR count). The lowest BCUT2D eigenvalue weighted by Crippen LogP contribution is -2.14. The Morgan fingerprint density at radius 1 is 0.600 bits per heavy atom. The summed E-state index contributed by atoms with van der Waals surface area (Å²) in [5.74, 6) is -3.97. The Morgan fingerprint density at radius 3 is 1.55 bits per heavy atom. The number of benzene rings is 2. The van der Waals surface area contributed by atoms with Crippen LogP contribution in [-0.2, 0) is 12.8 Å². The minimum absolute atomic E-state index is 0.00483. The van der Waals surface area contributed by atoms with E-state index < -0.39 is 23.9 Å². The van der Waals surface area contributed by atoms with Gasteiger partial charge in [0.05, 0.1) is 22.3 Å². The summed E-state index contributed by atoms with van der Waals surface area (Å²) in [6.45, 7) is 6.63. The zero-order valence-electron chi connectivity index (χ0n) is 23.9. The largest absolute Gasteiger partial charge is 0.478 e. The van der Waals surface area contributed by atoms with Crippen molar-refractivity contribution in [3.8, 4) is 0 Å². The van der Waals surface area contributed by atoms with Crippen molar-refractivity contribution in [3.05, 3.63) is 69.8 Å². The van der Waals surface area contributed by atoms with Crippen molar-refractivity contribution in [2.24, 2.45) is 5.92 Å². The van der Waals surface area contributed by atoms with E-state index in [2.05, 4.69) is 20.8 Å². The second kappa shape index (κ2) is 18.6. The summed E-state index contributed by atoms with van der Waals surface area (Å²) in [5.41, 5.74) is 1.26. The summed E-state index contributed by atoms with van der Waals surface area (Å²) >= 11 is 0. The van der Waals surface area contributed by atoms with Gasteiger partial charge in [0.15, 0.2) is 0 Å². The fourth-order valence-electron chi connectivity index (χ4n) is 4.59. The molecule has 0 saturated carbocycles. The smallest absolute Gasteiger partial charge is 0.336 e. The molecule has 0 bridgehead atoms. The lowest BCUT2D eigenvalue weighted by atomic mass is 9.89. The molecule has 0 radical (unpaired) electrons. The number of aryl methyl sites for hydroxylation is 1. The van der Waals surface area contributed by atoms with E-state index >= 15 is 0 Å². The van der Waals surface area contributed by atoms with Crippen molar-refractivity contribution in [2.75, 3.05) is 0 Å². The second-order valence-electron chi connectivity index (χ2n) is 10.4. The molecule has 0 atom stereocenters. The summed E-state index contributed by atoms with van der Waals surface area (Å²) in [5, 5.41) is 36.1. The van der Waals surface area contributed by atoms with Crippen molar-refractivity contribution in [3.63, 3.8) is 0 Å².